The van der Waals surface area contributed by atoms with E-state index in [2.05, 4.69) is 0 Å². The maximum atomic E-state index is 15.0. The summed E-state index contributed by atoms with van der Waals surface area (Å²) in [6.07, 6.45) is 5.58. The van der Waals surface area contributed by atoms with Gasteiger partial charge in [-0.3, -0.25) is 0 Å². The quantitative estimate of drug-likeness (QED) is 0.102. The third-order valence-corrected chi connectivity index (χ3v) is 7.18. The van der Waals surface area contributed by atoms with E-state index in [1.165, 1.54) is 48.5 Å². The highest BCUT2D eigenvalue weighted by molar-refractivity contribution is 5.91. The molecule has 1 fully saturated rings. The van der Waals surface area contributed by atoms with Gasteiger partial charge in [-0.1, -0.05) is 38.5 Å². The summed E-state index contributed by atoms with van der Waals surface area (Å²) in [6.45, 7) is 4.98. The topological polar surface area (TPSA) is 44.8 Å². The van der Waals surface area contributed by atoms with Gasteiger partial charge in [0.2, 0.25) is 5.82 Å². The van der Waals surface area contributed by atoms with Crippen LogP contribution >= 0.6 is 0 Å². The van der Waals surface area contributed by atoms with E-state index in [-0.39, 0.29) is 41.3 Å². The van der Waals surface area contributed by atoms with E-state index in [0.717, 1.165) is 32.1 Å². The average Bonchev–Trinajstić information content (AvgIpc) is 2.96. The summed E-state index contributed by atoms with van der Waals surface area (Å²) in [5, 5.41) is 0. The third-order valence-electron chi connectivity index (χ3n) is 7.18. The molecule has 0 amide bonds. The first kappa shape index (κ1) is 29.6. The number of carbonyl (C=O) groups excluding carboxylic acids is 1. The number of unbranched alkanes of at least 4 members (excludes halogenated alkanes) is 1. The fraction of sp³-hybridized carbons (Fsp3) is 0.406. The van der Waals surface area contributed by atoms with Crippen molar-refractivity contribution in [2.45, 2.75) is 70.8 Å². The number of hydrogen-bond acceptors (Lipinski definition) is 4. The zero-order valence-electron chi connectivity index (χ0n) is 22.8. The average molecular weight is 559 g/mol. The molecule has 3 aromatic carbocycles. The number of rotatable bonds is 11. The van der Waals surface area contributed by atoms with Crippen LogP contribution < -0.4 is 9.47 Å². The van der Waals surface area contributed by atoms with Gasteiger partial charge in [0.05, 0.1) is 18.3 Å². The Hall–Kier alpha value is -3.39. The molecule has 0 heterocycles. The van der Waals surface area contributed by atoms with E-state index >= 15 is 0 Å². The van der Waals surface area contributed by atoms with Crippen molar-refractivity contribution in [2.24, 2.45) is 0 Å². The molecular weight excluding hydrogens is 524 g/mol. The fourth-order valence-electron chi connectivity index (χ4n) is 4.92. The minimum atomic E-state index is -1.25. The van der Waals surface area contributed by atoms with Crippen molar-refractivity contribution in [3.05, 3.63) is 82.9 Å². The summed E-state index contributed by atoms with van der Waals surface area (Å²) in [5.74, 6) is -5.74. The van der Waals surface area contributed by atoms with Gasteiger partial charge in [-0.25, -0.2) is 18.0 Å². The molecule has 0 unspecified atom stereocenters. The molecule has 214 valence electrons. The lowest BCUT2D eigenvalue weighted by molar-refractivity contribution is 0.0248. The molecule has 40 heavy (non-hydrogen) atoms. The van der Waals surface area contributed by atoms with Crippen molar-refractivity contribution < 1.29 is 36.6 Å². The number of halogens is 4. The first-order valence-electron chi connectivity index (χ1n) is 13.9. The van der Waals surface area contributed by atoms with Crippen LogP contribution in [0.5, 0.6) is 11.5 Å². The Morgan fingerprint density at radius 1 is 0.775 bits per heavy atom. The van der Waals surface area contributed by atoms with E-state index < -0.39 is 34.8 Å². The maximum absolute atomic E-state index is 15.0. The van der Waals surface area contributed by atoms with Gasteiger partial charge in [-0.15, -0.1) is 0 Å². The molecule has 1 saturated carbocycles. The lowest BCUT2D eigenvalue weighted by atomic mass is 9.82. The van der Waals surface area contributed by atoms with Crippen molar-refractivity contribution >= 4 is 5.97 Å². The van der Waals surface area contributed by atoms with E-state index in [4.69, 9.17) is 14.2 Å². The lowest BCUT2D eigenvalue weighted by Crippen LogP contribution is -2.22. The first-order valence-corrected chi connectivity index (χ1v) is 13.9. The van der Waals surface area contributed by atoms with Crippen molar-refractivity contribution in [1.29, 1.82) is 0 Å². The van der Waals surface area contributed by atoms with Crippen molar-refractivity contribution in [2.75, 3.05) is 13.2 Å². The highest BCUT2D eigenvalue weighted by Gasteiger charge is 2.28. The smallest absolute Gasteiger partial charge is 0.346 e. The molecule has 0 atom stereocenters. The molecule has 1 aliphatic rings. The number of benzene rings is 3. The summed E-state index contributed by atoms with van der Waals surface area (Å²) in [6, 6.07) is 11.1. The highest BCUT2D eigenvalue weighted by atomic mass is 19.2. The van der Waals surface area contributed by atoms with Crippen LogP contribution in [0.1, 0.15) is 80.6 Å². The van der Waals surface area contributed by atoms with Crippen molar-refractivity contribution in [3.8, 4) is 22.6 Å². The van der Waals surface area contributed by atoms with E-state index in [1.807, 2.05) is 13.8 Å². The van der Waals surface area contributed by atoms with Crippen LogP contribution in [-0.2, 0) is 4.74 Å². The van der Waals surface area contributed by atoms with Crippen LogP contribution in [0.2, 0.25) is 0 Å². The Balaban J connectivity index is 1.41. The predicted molar refractivity (Wildman–Crippen MR) is 145 cm³/mol. The van der Waals surface area contributed by atoms with Crippen LogP contribution in [0, 0.1) is 23.3 Å². The fourth-order valence-corrected chi connectivity index (χ4v) is 4.92. The van der Waals surface area contributed by atoms with Gasteiger partial charge >= 0.3 is 5.97 Å². The largest absolute Gasteiger partial charge is 0.490 e. The van der Waals surface area contributed by atoms with Gasteiger partial charge in [0.25, 0.3) is 0 Å². The molecule has 0 saturated heterocycles. The van der Waals surface area contributed by atoms with Crippen LogP contribution in [0.3, 0.4) is 0 Å². The van der Waals surface area contributed by atoms with Crippen molar-refractivity contribution in [3.63, 3.8) is 0 Å². The highest BCUT2D eigenvalue weighted by Crippen LogP contribution is 2.37. The predicted octanol–water partition coefficient (Wildman–Crippen LogP) is 8.76. The number of carbonyl (C=O) groups is 1. The minimum Gasteiger partial charge on any atom is -0.490 e. The molecule has 1 aliphatic carbocycles. The minimum absolute atomic E-state index is 0.00730. The summed E-state index contributed by atoms with van der Waals surface area (Å²) in [4.78, 5) is 12.6. The van der Waals surface area contributed by atoms with Crippen molar-refractivity contribution in [1.82, 2.24) is 0 Å². The van der Waals surface area contributed by atoms with Gasteiger partial charge < -0.3 is 14.2 Å². The molecule has 0 N–H and O–H groups in total. The Kier molecular flexibility index (Phi) is 10.2. The van der Waals surface area contributed by atoms with E-state index in [1.54, 1.807) is 0 Å². The Bertz CT molecular complexity index is 1300. The molecule has 0 radical (unpaired) electrons. The summed E-state index contributed by atoms with van der Waals surface area (Å²) in [5.41, 5.74) is 0.0843. The summed E-state index contributed by atoms with van der Waals surface area (Å²) < 4.78 is 75.4. The lowest BCUT2D eigenvalue weighted by Gasteiger charge is -2.29. The van der Waals surface area contributed by atoms with Crippen LogP contribution in [0.4, 0.5) is 17.6 Å². The zero-order valence-corrected chi connectivity index (χ0v) is 22.8. The monoisotopic (exact) mass is 558 g/mol. The second kappa shape index (κ2) is 13.8. The van der Waals surface area contributed by atoms with Gasteiger partial charge in [-0.05, 0) is 85.9 Å². The molecule has 0 aromatic heterocycles. The van der Waals surface area contributed by atoms with Crippen LogP contribution in [0.25, 0.3) is 11.1 Å². The first-order chi connectivity index (χ1) is 19.3. The maximum Gasteiger partial charge on any atom is 0.346 e. The number of esters is 1. The molecule has 0 spiro atoms. The SMILES string of the molecule is CCCCOc1ccc(-c2ccc(OC(=O)c3ccc(C4CCC(OCCC)CC4)c(F)c3F)cc2)c(F)c1F. The summed E-state index contributed by atoms with van der Waals surface area (Å²) in [7, 11) is 0. The Morgan fingerprint density at radius 3 is 2.17 bits per heavy atom. The van der Waals surface area contributed by atoms with E-state index in [9.17, 15) is 22.4 Å². The van der Waals surface area contributed by atoms with Crippen LogP contribution in [0.15, 0.2) is 48.5 Å². The molecule has 8 heteroatoms. The standard InChI is InChI=1S/C32H34F4O4/c1-3-5-19-39-27-17-16-25(29(34)31(27)36)21-8-12-23(13-9-21)40-32(37)26-15-14-24(28(33)30(26)35)20-6-10-22(11-7-20)38-18-4-2/h8-9,12-17,20,22H,3-7,10-11,18-19H2,1-2H3. The van der Waals surface area contributed by atoms with Crippen LogP contribution in [-0.4, -0.2) is 25.3 Å². The van der Waals surface area contributed by atoms with Gasteiger partial charge in [0.15, 0.2) is 23.2 Å². The Morgan fingerprint density at radius 2 is 1.50 bits per heavy atom. The second-order valence-corrected chi connectivity index (χ2v) is 10.0. The van der Waals surface area contributed by atoms with Gasteiger partial charge in [-0.2, -0.15) is 4.39 Å². The zero-order chi connectivity index (χ0) is 28.6. The third kappa shape index (κ3) is 6.84. The molecule has 3 aromatic rings. The molecule has 0 bridgehead atoms. The molecule has 4 rings (SSSR count). The van der Waals surface area contributed by atoms with Gasteiger partial charge in [0, 0.05) is 12.2 Å². The summed E-state index contributed by atoms with van der Waals surface area (Å²) >= 11 is 0. The van der Waals surface area contributed by atoms with Gasteiger partial charge in [0.1, 0.15) is 5.75 Å². The normalized spacial score (nSPS) is 17.1. The number of hydrogen-bond donors (Lipinski definition) is 0. The number of ether oxygens (including phenoxy) is 3. The second-order valence-electron chi connectivity index (χ2n) is 10.0. The molecule has 0 aliphatic heterocycles. The van der Waals surface area contributed by atoms with E-state index in [0.29, 0.717) is 25.0 Å². The molecular formula is C32H34F4O4. The Labute approximate surface area is 232 Å². The molecule has 4 nitrogen and oxygen atoms in total.